The first-order valence-electron chi connectivity index (χ1n) is 11.6. The molecule has 0 saturated carbocycles. The van der Waals surface area contributed by atoms with E-state index in [4.69, 9.17) is 4.74 Å². The Morgan fingerprint density at radius 2 is 1.00 bits per heavy atom. The third-order valence-electron chi connectivity index (χ3n) is 5.01. The van der Waals surface area contributed by atoms with E-state index in [2.05, 4.69) is 20.8 Å². The van der Waals surface area contributed by atoms with Crippen LogP contribution >= 0.6 is 0 Å². The number of rotatable bonds is 18. The van der Waals surface area contributed by atoms with Crippen molar-refractivity contribution in [1.82, 2.24) is 4.90 Å². The molecule has 0 bridgehead atoms. The third kappa shape index (κ3) is 15.7. The normalized spacial score (nSPS) is 10.8. The predicted octanol–water partition coefficient (Wildman–Crippen LogP) is 6.27. The van der Waals surface area contributed by atoms with Crippen molar-refractivity contribution in [3.05, 3.63) is 0 Å². The average Bonchev–Trinajstić information content (AvgIpc) is 2.68. The van der Waals surface area contributed by atoms with Crippen LogP contribution in [-0.2, 0) is 14.3 Å². The SMILES string of the molecule is CCCCCCCCCCCCCOC(=O)C(=O)N(CCCC)CCCC. The smallest absolute Gasteiger partial charge is 0.397 e. The lowest BCUT2D eigenvalue weighted by molar-refractivity contribution is -0.160. The number of esters is 1. The van der Waals surface area contributed by atoms with Crippen molar-refractivity contribution in [2.45, 2.75) is 117 Å². The van der Waals surface area contributed by atoms with Crippen LogP contribution in [0.5, 0.6) is 0 Å². The molecule has 0 atom stereocenters. The van der Waals surface area contributed by atoms with Crippen molar-refractivity contribution < 1.29 is 14.3 Å². The molecule has 160 valence electrons. The van der Waals surface area contributed by atoms with Crippen LogP contribution in [0.4, 0.5) is 0 Å². The highest BCUT2D eigenvalue weighted by atomic mass is 16.5. The minimum absolute atomic E-state index is 0.372. The molecule has 0 spiro atoms. The van der Waals surface area contributed by atoms with Crippen LogP contribution in [-0.4, -0.2) is 36.5 Å². The second-order valence-electron chi connectivity index (χ2n) is 7.67. The minimum Gasteiger partial charge on any atom is -0.459 e. The molecule has 0 aliphatic rings. The van der Waals surface area contributed by atoms with Crippen LogP contribution in [0.15, 0.2) is 0 Å². The molecule has 0 aliphatic carbocycles. The molecular formula is C23H45NO3. The molecule has 27 heavy (non-hydrogen) atoms. The van der Waals surface area contributed by atoms with Gasteiger partial charge in [0.15, 0.2) is 0 Å². The fourth-order valence-electron chi connectivity index (χ4n) is 3.13. The summed E-state index contributed by atoms with van der Waals surface area (Å²) in [5, 5.41) is 0. The Morgan fingerprint density at radius 1 is 0.593 bits per heavy atom. The van der Waals surface area contributed by atoms with Gasteiger partial charge in [-0.25, -0.2) is 4.79 Å². The quantitative estimate of drug-likeness (QED) is 0.159. The lowest BCUT2D eigenvalue weighted by atomic mass is 10.1. The maximum Gasteiger partial charge on any atom is 0.397 e. The molecule has 0 saturated heterocycles. The number of unbranched alkanes of at least 4 members (excludes halogenated alkanes) is 12. The van der Waals surface area contributed by atoms with Crippen LogP contribution < -0.4 is 0 Å². The predicted molar refractivity (Wildman–Crippen MR) is 114 cm³/mol. The Kier molecular flexibility index (Phi) is 18.9. The second kappa shape index (κ2) is 19.7. The maximum absolute atomic E-state index is 12.2. The average molecular weight is 384 g/mol. The van der Waals surface area contributed by atoms with Gasteiger partial charge in [0, 0.05) is 13.1 Å². The maximum atomic E-state index is 12.2. The molecule has 4 heteroatoms. The van der Waals surface area contributed by atoms with E-state index in [9.17, 15) is 9.59 Å². The van der Waals surface area contributed by atoms with Crippen molar-refractivity contribution >= 4 is 11.9 Å². The van der Waals surface area contributed by atoms with Crippen molar-refractivity contribution in [2.75, 3.05) is 19.7 Å². The summed E-state index contributed by atoms with van der Waals surface area (Å²) in [7, 11) is 0. The molecule has 0 N–H and O–H groups in total. The first-order valence-corrected chi connectivity index (χ1v) is 11.6. The van der Waals surface area contributed by atoms with Gasteiger partial charge in [-0.3, -0.25) is 4.79 Å². The summed E-state index contributed by atoms with van der Waals surface area (Å²) in [6.45, 7) is 8.12. The Hall–Kier alpha value is -1.06. The highest BCUT2D eigenvalue weighted by Gasteiger charge is 2.22. The summed E-state index contributed by atoms with van der Waals surface area (Å²) in [6, 6.07) is 0. The number of hydrogen-bond donors (Lipinski definition) is 0. The lowest BCUT2D eigenvalue weighted by Crippen LogP contribution is -2.39. The molecular weight excluding hydrogens is 338 g/mol. The summed E-state index contributed by atoms with van der Waals surface area (Å²) < 4.78 is 5.20. The van der Waals surface area contributed by atoms with Crippen molar-refractivity contribution in [3.63, 3.8) is 0 Å². The number of carbonyl (C=O) groups is 2. The summed E-state index contributed by atoms with van der Waals surface area (Å²) >= 11 is 0. The van der Waals surface area contributed by atoms with Gasteiger partial charge in [-0.05, 0) is 19.3 Å². The number of hydrogen-bond acceptors (Lipinski definition) is 3. The molecule has 0 aromatic heterocycles. The molecule has 0 fully saturated rings. The van der Waals surface area contributed by atoms with Crippen molar-refractivity contribution in [2.24, 2.45) is 0 Å². The number of nitrogens with zero attached hydrogens (tertiary/aromatic N) is 1. The van der Waals surface area contributed by atoms with Crippen LogP contribution in [0.25, 0.3) is 0 Å². The van der Waals surface area contributed by atoms with Gasteiger partial charge >= 0.3 is 11.9 Å². The molecule has 0 heterocycles. The van der Waals surface area contributed by atoms with Gasteiger partial charge in [0.25, 0.3) is 0 Å². The van der Waals surface area contributed by atoms with E-state index >= 15 is 0 Å². The zero-order valence-electron chi connectivity index (χ0n) is 18.4. The minimum atomic E-state index is -0.672. The van der Waals surface area contributed by atoms with E-state index in [1.165, 1.54) is 57.8 Å². The van der Waals surface area contributed by atoms with Gasteiger partial charge in [0.05, 0.1) is 6.61 Å². The van der Waals surface area contributed by atoms with Crippen LogP contribution in [0.1, 0.15) is 117 Å². The largest absolute Gasteiger partial charge is 0.459 e. The van der Waals surface area contributed by atoms with Gasteiger partial charge < -0.3 is 9.64 Å². The van der Waals surface area contributed by atoms with E-state index in [0.717, 1.165) is 38.5 Å². The van der Waals surface area contributed by atoms with Gasteiger partial charge in [-0.15, -0.1) is 0 Å². The highest BCUT2D eigenvalue weighted by Crippen LogP contribution is 2.11. The molecule has 0 rings (SSSR count). The third-order valence-corrected chi connectivity index (χ3v) is 5.01. The van der Waals surface area contributed by atoms with Gasteiger partial charge in [0.2, 0.25) is 0 Å². The number of carbonyl (C=O) groups excluding carboxylic acids is 2. The van der Waals surface area contributed by atoms with E-state index in [0.29, 0.717) is 19.7 Å². The lowest BCUT2D eigenvalue weighted by Gasteiger charge is -2.21. The van der Waals surface area contributed by atoms with Crippen molar-refractivity contribution in [3.8, 4) is 0 Å². The Bertz CT molecular complexity index is 350. The molecule has 0 radical (unpaired) electrons. The summed E-state index contributed by atoms with van der Waals surface area (Å²) in [5.74, 6) is -1.13. The molecule has 1 amide bonds. The van der Waals surface area contributed by atoms with E-state index in [-0.39, 0.29) is 0 Å². The zero-order chi connectivity index (χ0) is 20.2. The summed E-state index contributed by atoms with van der Waals surface area (Å²) in [4.78, 5) is 25.9. The molecule has 0 unspecified atom stereocenters. The van der Waals surface area contributed by atoms with Gasteiger partial charge in [0.1, 0.15) is 0 Å². The second-order valence-corrected chi connectivity index (χ2v) is 7.67. The highest BCUT2D eigenvalue weighted by molar-refractivity contribution is 6.32. The fourth-order valence-corrected chi connectivity index (χ4v) is 3.13. The molecule has 0 aliphatic heterocycles. The van der Waals surface area contributed by atoms with E-state index in [1.54, 1.807) is 4.90 Å². The first kappa shape index (κ1) is 25.9. The van der Waals surface area contributed by atoms with E-state index < -0.39 is 11.9 Å². The molecule has 0 aromatic rings. The summed E-state index contributed by atoms with van der Waals surface area (Å²) in [6.07, 6.45) is 17.8. The topological polar surface area (TPSA) is 46.6 Å². The monoisotopic (exact) mass is 383 g/mol. The number of amides is 1. The Labute approximate surface area is 168 Å². The standard InChI is InChI=1S/C23H45NO3/c1-4-7-10-11-12-13-14-15-16-17-18-21-27-23(26)22(25)24(19-8-5-2)20-9-6-3/h4-21H2,1-3H3. The van der Waals surface area contributed by atoms with Gasteiger partial charge in [-0.1, -0.05) is 97.8 Å². The summed E-state index contributed by atoms with van der Waals surface area (Å²) in [5.41, 5.74) is 0. The molecule has 0 aromatic carbocycles. The fraction of sp³-hybridized carbons (Fsp3) is 0.913. The Balaban J connectivity index is 3.68. The Morgan fingerprint density at radius 3 is 1.44 bits per heavy atom. The zero-order valence-corrected chi connectivity index (χ0v) is 18.4. The molecule has 4 nitrogen and oxygen atoms in total. The van der Waals surface area contributed by atoms with Crippen LogP contribution in [0.3, 0.4) is 0 Å². The van der Waals surface area contributed by atoms with Crippen LogP contribution in [0.2, 0.25) is 0 Å². The van der Waals surface area contributed by atoms with Crippen molar-refractivity contribution in [1.29, 1.82) is 0 Å². The van der Waals surface area contributed by atoms with E-state index in [1.807, 2.05) is 0 Å². The number of ether oxygens (including phenoxy) is 1. The van der Waals surface area contributed by atoms with Crippen LogP contribution in [0, 0.1) is 0 Å². The van der Waals surface area contributed by atoms with Gasteiger partial charge in [-0.2, -0.15) is 0 Å². The first-order chi connectivity index (χ1) is 13.2.